The van der Waals surface area contributed by atoms with Crippen molar-refractivity contribution in [3.63, 3.8) is 0 Å². The minimum absolute atomic E-state index is 0.319. The molecule has 1 N–H and O–H groups in total. The summed E-state index contributed by atoms with van der Waals surface area (Å²) in [7, 11) is 5.26. The van der Waals surface area contributed by atoms with Crippen molar-refractivity contribution in [2.45, 2.75) is 18.9 Å². The van der Waals surface area contributed by atoms with Gasteiger partial charge in [-0.25, -0.2) is 0 Å². The number of likely N-dealkylation sites (N-methyl/N-ethyl adjacent to an activating group) is 1. The van der Waals surface area contributed by atoms with Crippen molar-refractivity contribution in [2.75, 3.05) is 21.3 Å². The average molecular weight is 275 g/mol. The SMILES string of the molecule is CNC(Cc1ccc(OC)c(OC)c1)Cc1ccco1. The zero-order chi connectivity index (χ0) is 14.4. The molecule has 1 unspecified atom stereocenters. The average Bonchev–Trinajstić information content (AvgIpc) is 2.99. The van der Waals surface area contributed by atoms with E-state index in [0.29, 0.717) is 6.04 Å². The van der Waals surface area contributed by atoms with Gasteiger partial charge in [0.2, 0.25) is 0 Å². The molecule has 0 radical (unpaired) electrons. The summed E-state index contributed by atoms with van der Waals surface area (Å²) >= 11 is 0. The first-order valence-electron chi connectivity index (χ1n) is 6.67. The summed E-state index contributed by atoms with van der Waals surface area (Å²) in [4.78, 5) is 0. The summed E-state index contributed by atoms with van der Waals surface area (Å²) in [6, 6.07) is 10.3. The summed E-state index contributed by atoms with van der Waals surface area (Å²) < 4.78 is 16.0. The third-order valence-corrected chi connectivity index (χ3v) is 3.37. The van der Waals surface area contributed by atoms with Crippen LogP contribution in [0.5, 0.6) is 11.5 Å². The van der Waals surface area contributed by atoms with Crippen molar-refractivity contribution in [3.8, 4) is 11.5 Å². The fraction of sp³-hybridized carbons (Fsp3) is 0.375. The van der Waals surface area contributed by atoms with Crippen LogP contribution < -0.4 is 14.8 Å². The van der Waals surface area contributed by atoms with Gasteiger partial charge >= 0.3 is 0 Å². The molecule has 0 saturated carbocycles. The molecule has 0 aliphatic carbocycles. The van der Waals surface area contributed by atoms with Crippen molar-refractivity contribution >= 4 is 0 Å². The normalized spacial score (nSPS) is 12.2. The molecule has 20 heavy (non-hydrogen) atoms. The van der Waals surface area contributed by atoms with E-state index < -0.39 is 0 Å². The lowest BCUT2D eigenvalue weighted by Crippen LogP contribution is -2.29. The number of hydrogen-bond acceptors (Lipinski definition) is 4. The van der Waals surface area contributed by atoms with Crippen molar-refractivity contribution < 1.29 is 13.9 Å². The summed E-state index contributed by atoms with van der Waals surface area (Å²) in [6.07, 6.45) is 3.47. The Bertz CT molecular complexity index is 523. The highest BCUT2D eigenvalue weighted by atomic mass is 16.5. The van der Waals surface area contributed by atoms with Crippen molar-refractivity contribution in [2.24, 2.45) is 0 Å². The second-order valence-electron chi connectivity index (χ2n) is 4.66. The van der Waals surface area contributed by atoms with Gasteiger partial charge in [0.1, 0.15) is 5.76 Å². The maximum atomic E-state index is 5.40. The highest BCUT2D eigenvalue weighted by molar-refractivity contribution is 5.43. The van der Waals surface area contributed by atoms with E-state index in [4.69, 9.17) is 13.9 Å². The van der Waals surface area contributed by atoms with E-state index in [1.165, 1.54) is 5.56 Å². The number of ether oxygens (including phenoxy) is 2. The molecule has 0 aliphatic rings. The topological polar surface area (TPSA) is 43.6 Å². The van der Waals surface area contributed by atoms with Crippen LogP contribution >= 0.6 is 0 Å². The predicted octanol–water partition coefficient (Wildman–Crippen LogP) is 2.67. The van der Waals surface area contributed by atoms with Crippen LogP contribution in [0.1, 0.15) is 11.3 Å². The van der Waals surface area contributed by atoms with Crippen LogP contribution in [0.4, 0.5) is 0 Å². The van der Waals surface area contributed by atoms with E-state index >= 15 is 0 Å². The minimum Gasteiger partial charge on any atom is -0.493 e. The van der Waals surface area contributed by atoms with Gasteiger partial charge in [0.25, 0.3) is 0 Å². The Morgan fingerprint density at radius 3 is 2.50 bits per heavy atom. The fourth-order valence-electron chi connectivity index (χ4n) is 2.24. The van der Waals surface area contributed by atoms with Gasteiger partial charge in [0, 0.05) is 12.5 Å². The van der Waals surface area contributed by atoms with E-state index in [-0.39, 0.29) is 0 Å². The molecule has 0 amide bonds. The Kier molecular flexibility index (Phi) is 5.07. The van der Waals surface area contributed by atoms with E-state index in [9.17, 15) is 0 Å². The van der Waals surface area contributed by atoms with Gasteiger partial charge in [-0.2, -0.15) is 0 Å². The van der Waals surface area contributed by atoms with Crippen molar-refractivity contribution in [1.82, 2.24) is 5.32 Å². The Balaban J connectivity index is 2.07. The zero-order valence-corrected chi connectivity index (χ0v) is 12.2. The first-order chi connectivity index (χ1) is 9.76. The molecule has 1 heterocycles. The molecule has 4 heteroatoms. The number of hydrogen-bond donors (Lipinski definition) is 1. The van der Waals surface area contributed by atoms with Crippen molar-refractivity contribution in [1.29, 1.82) is 0 Å². The molecule has 0 spiro atoms. The second kappa shape index (κ2) is 7.01. The number of furan rings is 1. The van der Waals surface area contributed by atoms with E-state index in [0.717, 1.165) is 30.1 Å². The molecule has 0 fully saturated rings. The molecule has 4 nitrogen and oxygen atoms in total. The van der Waals surface area contributed by atoms with Crippen LogP contribution in [0, 0.1) is 0 Å². The Morgan fingerprint density at radius 1 is 1.10 bits per heavy atom. The lowest BCUT2D eigenvalue weighted by Gasteiger charge is -2.16. The highest BCUT2D eigenvalue weighted by Crippen LogP contribution is 2.28. The van der Waals surface area contributed by atoms with Crippen LogP contribution in [0.3, 0.4) is 0 Å². The fourth-order valence-corrected chi connectivity index (χ4v) is 2.24. The Morgan fingerprint density at radius 2 is 1.90 bits per heavy atom. The summed E-state index contributed by atoms with van der Waals surface area (Å²) in [6.45, 7) is 0. The number of methoxy groups -OCH3 is 2. The predicted molar refractivity (Wildman–Crippen MR) is 78.5 cm³/mol. The standard InChI is InChI=1S/C16H21NO3/c1-17-13(11-14-5-4-8-20-14)9-12-6-7-15(18-2)16(10-12)19-3/h4-8,10,13,17H,9,11H2,1-3H3. The Hall–Kier alpha value is -1.94. The molecular formula is C16H21NO3. The molecular weight excluding hydrogens is 254 g/mol. The van der Waals surface area contributed by atoms with Gasteiger partial charge in [-0.3, -0.25) is 0 Å². The largest absolute Gasteiger partial charge is 0.493 e. The first kappa shape index (κ1) is 14.5. The monoisotopic (exact) mass is 275 g/mol. The van der Waals surface area contributed by atoms with Crippen LogP contribution in [0.15, 0.2) is 41.0 Å². The minimum atomic E-state index is 0.319. The van der Waals surface area contributed by atoms with Gasteiger partial charge in [-0.15, -0.1) is 0 Å². The number of nitrogens with one attached hydrogen (secondary N) is 1. The number of benzene rings is 1. The maximum Gasteiger partial charge on any atom is 0.160 e. The summed E-state index contributed by atoms with van der Waals surface area (Å²) in [5.41, 5.74) is 1.20. The molecule has 108 valence electrons. The summed E-state index contributed by atoms with van der Waals surface area (Å²) in [5, 5.41) is 3.32. The van der Waals surface area contributed by atoms with Crippen molar-refractivity contribution in [3.05, 3.63) is 47.9 Å². The lowest BCUT2D eigenvalue weighted by molar-refractivity contribution is 0.354. The van der Waals surface area contributed by atoms with E-state index in [1.54, 1.807) is 20.5 Å². The molecule has 2 rings (SSSR count). The van der Waals surface area contributed by atoms with Gasteiger partial charge in [-0.1, -0.05) is 6.07 Å². The van der Waals surface area contributed by atoms with Gasteiger partial charge < -0.3 is 19.2 Å². The number of rotatable bonds is 7. The van der Waals surface area contributed by atoms with Crippen LogP contribution in [-0.4, -0.2) is 27.3 Å². The highest BCUT2D eigenvalue weighted by Gasteiger charge is 2.12. The van der Waals surface area contributed by atoms with Crippen LogP contribution in [0.25, 0.3) is 0 Å². The first-order valence-corrected chi connectivity index (χ1v) is 6.67. The van der Waals surface area contributed by atoms with E-state index in [1.807, 2.05) is 31.3 Å². The molecule has 1 aromatic carbocycles. The third kappa shape index (κ3) is 3.54. The molecule has 1 aromatic heterocycles. The molecule has 0 aliphatic heterocycles. The lowest BCUT2D eigenvalue weighted by atomic mass is 10.0. The van der Waals surface area contributed by atoms with Gasteiger partial charge in [0.15, 0.2) is 11.5 Å². The van der Waals surface area contributed by atoms with Gasteiger partial charge in [-0.05, 0) is 43.3 Å². The quantitative estimate of drug-likeness (QED) is 0.843. The van der Waals surface area contributed by atoms with Gasteiger partial charge in [0.05, 0.1) is 20.5 Å². The zero-order valence-electron chi connectivity index (χ0n) is 12.2. The van der Waals surface area contributed by atoms with Crippen LogP contribution in [0.2, 0.25) is 0 Å². The maximum absolute atomic E-state index is 5.40. The molecule has 0 bridgehead atoms. The van der Waals surface area contributed by atoms with Crippen LogP contribution in [-0.2, 0) is 12.8 Å². The molecule has 1 atom stereocenters. The second-order valence-corrected chi connectivity index (χ2v) is 4.66. The Labute approximate surface area is 119 Å². The third-order valence-electron chi connectivity index (χ3n) is 3.37. The summed E-state index contributed by atoms with van der Waals surface area (Å²) in [5.74, 6) is 2.51. The smallest absolute Gasteiger partial charge is 0.160 e. The molecule has 0 saturated heterocycles. The molecule has 2 aromatic rings. The van der Waals surface area contributed by atoms with E-state index in [2.05, 4.69) is 11.4 Å².